The quantitative estimate of drug-likeness (QED) is 0.314. The van der Waals surface area contributed by atoms with Crippen LogP contribution in [0.5, 0.6) is 5.75 Å². The Balaban J connectivity index is 0.00000312. The van der Waals surface area contributed by atoms with Gasteiger partial charge < -0.3 is 15.4 Å². The molecule has 1 aromatic rings. The van der Waals surface area contributed by atoms with Gasteiger partial charge in [0.25, 0.3) is 5.91 Å². The maximum Gasteiger partial charge on any atom is 0.281 e. The largest absolute Gasteiger partial charge is 0.484 e. The maximum absolute atomic E-state index is 12.2. The van der Waals surface area contributed by atoms with Crippen molar-refractivity contribution in [2.75, 3.05) is 13.2 Å². The van der Waals surface area contributed by atoms with E-state index in [1.165, 1.54) is 5.48 Å². The van der Waals surface area contributed by atoms with E-state index >= 15 is 0 Å². The fourth-order valence-corrected chi connectivity index (χ4v) is 2.66. The van der Waals surface area contributed by atoms with E-state index in [0.717, 1.165) is 36.9 Å². The molecule has 0 saturated carbocycles. The number of hydrogen-bond donors (Lipinski definition) is 4. The second-order valence-corrected chi connectivity index (χ2v) is 5.89. The third-order valence-electron chi connectivity index (χ3n) is 4.03. The number of ether oxygens (including phenoxy) is 1. The second-order valence-electron chi connectivity index (χ2n) is 5.89. The molecule has 2 rings (SSSR count). The lowest BCUT2D eigenvalue weighted by atomic mass is 9.95. The van der Waals surface area contributed by atoms with E-state index in [0.29, 0.717) is 18.7 Å². The van der Waals surface area contributed by atoms with E-state index in [1.807, 2.05) is 12.1 Å². The van der Waals surface area contributed by atoms with Crippen molar-refractivity contribution in [2.24, 2.45) is 0 Å². The van der Waals surface area contributed by atoms with Crippen molar-refractivity contribution in [3.05, 3.63) is 29.3 Å². The van der Waals surface area contributed by atoms with Crippen LogP contribution in [0.3, 0.4) is 0 Å². The number of amides is 2. The number of halogens is 1. The average molecular weight is 372 g/mol. The number of benzene rings is 1. The number of unbranched alkanes of at least 4 members (excludes halogenated alkanes) is 2. The van der Waals surface area contributed by atoms with Gasteiger partial charge in [0.2, 0.25) is 5.91 Å². The predicted molar refractivity (Wildman–Crippen MR) is 96.0 cm³/mol. The molecular weight excluding hydrogens is 346 g/mol. The molecule has 1 atom stereocenters. The van der Waals surface area contributed by atoms with Gasteiger partial charge in [-0.15, -0.1) is 12.4 Å². The highest BCUT2D eigenvalue weighted by atomic mass is 35.5. The molecule has 1 aromatic carbocycles. The van der Waals surface area contributed by atoms with Gasteiger partial charge in [-0.25, -0.2) is 5.48 Å². The fraction of sp³-hybridized carbons (Fsp3) is 0.529. The summed E-state index contributed by atoms with van der Waals surface area (Å²) < 4.78 is 5.30. The van der Waals surface area contributed by atoms with Crippen LogP contribution in [0.1, 0.15) is 37.3 Å². The van der Waals surface area contributed by atoms with Crippen LogP contribution in [0.25, 0.3) is 0 Å². The first kappa shape index (κ1) is 21.2. The molecule has 1 aliphatic rings. The molecule has 25 heavy (non-hydrogen) atoms. The zero-order valence-corrected chi connectivity index (χ0v) is 15.2. The van der Waals surface area contributed by atoms with Crippen LogP contribution < -0.4 is 20.9 Å². The topological polar surface area (TPSA) is 99.7 Å². The molecule has 0 spiro atoms. The number of rotatable bonds is 8. The Bertz CT molecular complexity index is 583. The van der Waals surface area contributed by atoms with Crippen molar-refractivity contribution in [1.29, 1.82) is 0 Å². The standard InChI is InChI=1S/C17H25N3O4.ClH/c1-2-3-4-7-18-17(22)15-9-12-5-6-14(8-13(12)10-19-15)24-11-16(21)20-23;/h5-6,8,15,19,23H,2-4,7,9-11H2,1H3,(H,18,22)(H,20,21);1H/t15-;/m0./s1. The van der Waals surface area contributed by atoms with Crippen LogP contribution in [0, 0.1) is 0 Å². The summed E-state index contributed by atoms with van der Waals surface area (Å²) in [6.45, 7) is 3.18. The molecule has 0 aromatic heterocycles. The van der Waals surface area contributed by atoms with Gasteiger partial charge in [0.05, 0.1) is 6.04 Å². The zero-order chi connectivity index (χ0) is 17.4. The molecule has 4 N–H and O–H groups in total. The summed E-state index contributed by atoms with van der Waals surface area (Å²) in [5.41, 5.74) is 3.67. The summed E-state index contributed by atoms with van der Waals surface area (Å²) in [6.07, 6.45) is 3.90. The number of hydrogen-bond acceptors (Lipinski definition) is 5. The summed E-state index contributed by atoms with van der Waals surface area (Å²) in [5.74, 6) is -0.0102. The Labute approximate surface area is 153 Å². The van der Waals surface area contributed by atoms with E-state index in [4.69, 9.17) is 9.94 Å². The highest BCUT2D eigenvalue weighted by molar-refractivity contribution is 5.85. The summed E-state index contributed by atoms with van der Waals surface area (Å²) in [7, 11) is 0. The average Bonchev–Trinajstić information content (AvgIpc) is 2.62. The minimum atomic E-state index is -0.606. The molecule has 0 saturated heterocycles. The Morgan fingerprint density at radius 2 is 2.12 bits per heavy atom. The van der Waals surface area contributed by atoms with Crippen LogP contribution >= 0.6 is 12.4 Å². The minimum Gasteiger partial charge on any atom is -0.484 e. The molecule has 8 heteroatoms. The van der Waals surface area contributed by atoms with Crippen LogP contribution in [0.2, 0.25) is 0 Å². The van der Waals surface area contributed by atoms with Crippen molar-refractivity contribution in [2.45, 2.75) is 45.2 Å². The lowest BCUT2D eigenvalue weighted by Crippen LogP contribution is -2.47. The van der Waals surface area contributed by atoms with Crippen molar-refractivity contribution in [3.63, 3.8) is 0 Å². The molecule has 1 heterocycles. The van der Waals surface area contributed by atoms with E-state index < -0.39 is 5.91 Å². The van der Waals surface area contributed by atoms with Gasteiger partial charge in [-0.2, -0.15) is 0 Å². The third-order valence-corrected chi connectivity index (χ3v) is 4.03. The first-order chi connectivity index (χ1) is 11.6. The maximum atomic E-state index is 12.2. The fourth-order valence-electron chi connectivity index (χ4n) is 2.66. The second kappa shape index (κ2) is 10.9. The van der Waals surface area contributed by atoms with E-state index in [9.17, 15) is 9.59 Å². The van der Waals surface area contributed by atoms with E-state index in [1.54, 1.807) is 6.07 Å². The summed E-state index contributed by atoms with van der Waals surface area (Å²) in [5, 5.41) is 14.7. The van der Waals surface area contributed by atoms with Crippen LogP contribution in [0.4, 0.5) is 0 Å². The van der Waals surface area contributed by atoms with Gasteiger partial charge in [0, 0.05) is 13.1 Å². The van der Waals surface area contributed by atoms with E-state index in [-0.39, 0.29) is 31.0 Å². The number of nitrogens with one attached hydrogen (secondary N) is 3. The molecular formula is C17H26ClN3O4. The van der Waals surface area contributed by atoms with Crippen molar-refractivity contribution < 1.29 is 19.5 Å². The van der Waals surface area contributed by atoms with Crippen LogP contribution in [-0.4, -0.2) is 36.2 Å². The molecule has 0 fully saturated rings. The summed E-state index contributed by atoms with van der Waals surface area (Å²) >= 11 is 0. The molecule has 1 aliphatic heterocycles. The number of fused-ring (bicyclic) bond motifs is 1. The normalized spacial score (nSPS) is 15.5. The first-order valence-electron chi connectivity index (χ1n) is 8.32. The third kappa shape index (κ3) is 6.53. The Kier molecular flexibility index (Phi) is 9.26. The highest BCUT2D eigenvalue weighted by Crippen LogP contribution is 2.22. The van der Waals surface area contributed by atoms with Gasteiger partial charge >= 0.3 is 0 Å². The summed E-state index contributed by atoms with van der Waals surface area (Å²) in [6, 6.07) is 5.32. The minimum absolute atomic E-state index is 0. The van der Waals surface area contributed by atoms with Gasteiger partial charge in [0.15, 0.2) is 6.61 Å². The van der Waals surface area contributed by atoms with Crippen molar-refractivity contribution in [1.82, 2.24) is 16.1 Å². The number of carbonyl (C=O) groups is 2. The smallest absolute Gasteiger partial charge is 0.281 e. The lowest BCUT2D eigenvalue weighted by molar-refractivity contribution is -0.131. The Hall–Kier alpha value is -1.83. The number of carbonyl (C=O) groups excluding carboxylic acids is 2. The van der Waals surface area contributed by atoms with Crippen LogP contribution in [0.15, 0.2) is 18.2 Å². The molecule has 0 unspecified atom stereocenters. The Morgan fingerprint density at radius 1 is 1.32 bits per heavy atom. The van der Waals surface area contributed by atoms with Gasteiger partial charge in [-0.1, -0.05) is 25.8 Å². The van der Waals surface area contributed by atoms with Gasteiger partial charge in [-0.3, -0.25) is 14.8 Å². The zero-order valence-electron chi connectivity index (χ0n) is 14.3. The van der Waals surface area contributed by atoms with Crippen molar-refractivity contribution >= 4 is 24.2 Å². The molecule has 7 nitrogen and oxygen atoms in total. The lowest BCUT2D eigenvalue weighted by Gasteiger charge is -2.25. The monoisotopic (exact) mass is 371 g/mol. The first-order valence-corrected chi connectivity index (χ1v) is 8.32. The molecule has 0 aliphatic carbocycles. The molecule has 0 bridgehead atoms. The predicted octanol–water partition coefficient (Wildman–Crippen LogP) is 1.31. The number of hydroxylamine groups is 1. The van der Waals surface area contributed by atoms with Gasteiger partial charge in [0.1, 0.15) is 5.75 Å². The summed E-state index contributed by atoms with van der Waals surface area (Å²) in [4.78, 5) is 23.2. The highest BCUT2D eigenvalue weighted by Gasteiger charge is 2.24. The Morgan fingerprint density at radius 3 is 2.84 bits per heavy atom. The molecule has 2 amide bonds. The van der Waals surface area contributed by atoms with Crippen molar-refractivity contribution in [3.8, 4) is 5.75 Å². The van der Waals surface area contributed by atoms with Gasteiger partial charge in [-0.05, 0) is 36.1 Å². The van der Waals surface area contributed by atoms with E-state index in [2.05, 4.69) is 17.6 Å². The van der Waals surface area contributed by atoms with Crippen LogP contribution in [-0.2, 0) is 22.6 Å². The molecule has 140 valence electrons. The molecule has 0 radical (unpaired) electrons. The SMILES string of the molecule is CCCCCNC(=O)[C@@H]1Cc2ccc(OCC(=O)NO)cc2CN1.Cl.